The normalized spacial score (nSPS) is 12.9. The highest BCUT2D eigenvalue weighted by molar-refractivity contribution is 6.15. The Balaban J connectivity index is 0.000000299. The lowest BCUT2D eigenvalue weighted by molar-refractivity contribution is -0.137. The molecule has 5 N–H and O–H groups in total. The Morgan fingerprint density at radius 2 is 1.84 bits per heavy atom. The van der Waals surface area contributed by atoms with Gasteiger partial charge in [-0.15, -0.1) is 0 Å². The summed E-state index contributed by atoms with van der Waals surface area (Å²) in [6.07, 6.45) is 0.395. The molecule has 0 spiro atoms. The average Bonchev–Trinajstić information content (AvgIpc) is 2.55. The SMILES string of the molecule is CC(C)C[C@H](N)O[B]O.C[C@H](Nc1cccc2ccccc12)C(=O)O. The van der Waals surface area contributed by atoms with E-state index in [4.69, 9.17) is 15.9 Å². The molecule has 2 aromatic carbocycles. The number of hydrogen-bond acceptors (Lipinski definition) is 5. The first-order valence-corrected chi connectivity index (χ1v) is 8.19. The number of fused-ring (bicyclic) bond motifs is 1. The molecule has 0 unspecified atom stereocenters. The van der Waals surface area contributed by atoms with Gasteiger partial charge in [-0.1, -0.05) is 50.2 Å². The molecule has 0 aliphatic carbocycles. The van der Waals surface area contributed by atoms with Gasteiger partial charge in [0.25, 0.3) is 0 Å². The van der Waals surface area contributed by atoms with Crippen molar-refractivity contribution >= 4 is 30.1 Å². The number of aliphatic carboxylic acids is 1. The van der Waals surface area contributed by atoms with Crippen LogP contribution in [-0.2, 0) is 9.45 Å². The van der Waals surface area contributed by atoms with Gasteiger partial charge in [-0.05, 0) is 30.7 Å². The van der Waals surface area contributed by atoms with E-state index in [1.807, 2.05) is 56.3 Å². The number of anilines is 1. The van der Waals surface area contributed by atoms with Gasteiger partial charge in [0.2, 0.25) is 0 Å². The van der Waals surface area contributed by atoms with E-state index in [0.717, 1.165) is 22.9 Å². The summed E-state index contributed by atoms with van der Waals surface area (Å²) in [6.45, 7) is 5.71. The van der Waals surface area contributed by atoms with Gasteiger partial charge in [0.05, 0.1) is 6.23 Å². The van der Waals surface area contributed by atoms with Crippen molar-refractivity contribution in [3.05, 3.63) is 42.5 Å². The van der Waals surface area contributed by atoms with Crippen LogP contribution in [0.15, 0.2) is 42.5 Å². The number of nitrogens with two attached hydrogens (primary N) is 1. The van der Waals surface area contributed by atoms with E-state index in [-0.39, 0.29) is 6.23 Å². The maximum absolute atomic E-state index is 10.8. The van der Waals surface area contributed by atoms with Crippen LogP contribution < -0.4 is 11.1 Å². The van der Waals surface area contributed by atoms with Gasteiger partial charge in [0.15, 0.2) is 0 Å². The minimum atomic E-state index is -0.854. The summed E-state index contributed by atoms with van der Waals surface area (Å²) in [5.41, 5.74) is 6.23. The van der Waals surface area contributed by atoms with E-state index >= 15 is 0 Å². The molecule has 1 radical (unpaired) electrons. The van der Waals surface area contributed by atoms with Crippen LogP contribution >= 0.6 is 0 Å². The van der Waals surface area contributed by atoms with E-state index in [1.54, 1.807) is 6.92 Å². The molecular formula is C18H26BN2O4. The smallest absolute Gasteiger partial charge is 0.480 e. The summed E-state index contributed by atoms with van der Waals surface area (Å²) < 4.78 is 4.56. The maximum Gasteiger partial charge on any atom is 0.486 e. The molecule has 0 heterocycles. The van der Waals surface area contributed by atoms with Gasteiger partial charge in [-0.25, -0.2) is 0 Å². The van der Waals surface area contributed by atoms with Crippen LogP contribution in [0.1, 0.15) is 27.2 Å². The third-order valence-electron chi connectivity index (χ3n) is 3.47. The van der Waals surface area contributed by atoms with Gasteiger partial charge in [-0.3, -0.25) is 4.79 Å². The molecule has 0 bridgehead atoms. The predicted molar refractivity (Wildman–Crippen MR) is 101 cm³/mol. The average molecular weight is 345 g/mol. The Labute approximate surface area is 149 Å². The monoisotopic (exact) mass is 345 g/mol. The second kappa shape index (κ2) is 10.7. The summed E-state index contributed by atoms with van der Waals surface area (Å²) in [5, 5.41) is 22.1. The molecule has 2 atom stereocenters. The number of hydrogen-bond donors (Lipinski definition) is 4. The molecule has 0 fully saturated rings. The predicted octanol–water partition coefficient (Wildman–Crippen LogP) is 2.59. The minimum Gasteiger partial charge on any atom is -0.480 e. The highest BCUT2D eigenvalue weighted by atomic mass is 16.5. The molecule has 0 aromatic heterocycles. The molecule has 0 saturated carbocycles. The van der Waals surface area contributed by atoms with Crippen LogP contribution in [0.3, 0.4) is 0 Å². The summed E-state index contributed by atoms with van der Waals surface area (Å²) in [5.74, 6) is -0.354. The summed E-state index contributed by atoms with van der Waals surface area (Å²) in [7, 11) is 0.632. The van der Waals surface area contributed by atoms with Gasteiger partial charge in [0.1, 0.15) is 6.04 Å². The van der Waals surface area contributed by atoms with Crippen LogP contribution in [-0.4, -0.2) is 36.1 Å². The van der Waals surface area contributed by atoms with E-state index in [9.17, 15) is 4.79 Å². The Kier molecular flexibility index (Phi) is 8.98. The van der Waals surface area contributed by atoms with Crippen LogP contribution in [0.25, 0.3) is 10.8 Å². The fraction of sp³-hybridized carbons (Fsp3) is 0.389. The number of nitrogens with one attached hydrogen (secondary N) is 1. The van der Waals surface area contributed by atoms with E-state index < -0.39 is 12.0 Å². The van der Waals surface area contributed by atoms with Crippen molar-refractivity contribution in [2.75, 3.05) is 5.32 Å². The lowest BCUT2D eigenvalue weighted by Gasteiger charge is -2.12. The standard InChI is InChI=1S/C13H13NO2.C5H13BNO2/c1-9(13(15)16)14-12-8-4-6-10-5-2-3-7-11(10)12;1-4(2)3-5(7)9-6-8/h2-9,14H,1H3,(H,15,16);4-5,8H,3,7H2,1-2H3/t9-;5-/m01/s1. The quantitative estimate of drug-likeness (QED) is 0.454. The largest absolute Gasteiger partial charge is 0.486 e. The highest BCUT2D eigenvalue weighted by Crippen LogP contribution is 2.23. The van der Waals surface area contributed by atoms with Gasteiger partial charge in [0, 0.05) is 11.1 Å². The fourth-order valence-corrected chi connectivity index (χ4v) is 2.24. The maximum atomic E-state index is 10.8. The van der Waals surface area contributed by atoms with Gasteiger partial charge in [-0.2, -0.15) is 0 Å². The Morgan fingerprint density at radius 3 is 2.44 bits per heavy atom. The third kappa shape index (κ3) is 7.56. The van der Waals surface area contributed by atoms with Crippen LogP contribution in [0.5, 0.6) is 0 Å². The molecule has 0 aliphatic rings. The Bertz CT molecular complexity index is 661. The number of benzene rings is 2. The van der Waals surface area contributed by atoms with Crippen molar-refractivity contribution in [2.45, 2.75) is 39.5 Å². The van der Waals surface area contributed by atoms with E-state index in [0.29, 0.717) is 13.6 Å². The minimum absolute atomic E-state index is 0.366. The first kappa shape index (κ1) is 21.0. The number of carbonyl (C=O) groups is 1. The zero-order chi connectivity index (χ0) is 18.8. The molecule has 2 rings (SSSR count). The Morgan fingerprint density at radius 1 is 1.20 bits per heavy atom. The number of rotatable bonds is 7. The molecule has 0 saturated heterocycles. The second-order valence-electron chi connectivity index (χ2n) is 6.14. The molecule has 7 heteroatoms. The van der Waals surface area contributed by atoms with Crippen molar-refractivity contribution in [3.8, 4) is 0 Å². The summed E-state index contributed by atoms with van der Waals surface area (Å²) in [4.78, 5) is 10.8. The number of carboxylic acid groups (broad SMARTS) is 1. The molecule has 6 nitrogen and oxygen atoms in total. The zero-order valence-corrected chi connectivity index (χ0v) is 14.8. The first-order chi connectivity index (χ1) is 11.8. The van der Waals surface area contributed by atoms with Crippen LogP contribution in [0.4, 0.5) is 5.69 Å². The van der Waals surface area contributed by atoms with Crippen molar-refractivity contribution in [3.63, 3.8) is 0 Å². The molecule has 2 aromatic rings. The highest BCUT2D eigenvalue weighted by Gasteiger charge is 2.11. The molecular weight excluding hydrogens is 319 g/mol. The first-order valence-electron chi connectivity index (χ1n) is 8.19. The van der Waals surface area contributed by atoms with Crippen molar-refractivity contribution in [1.82, 2.24) is 0 Å². The summed E-state index contributed by atoms with van der Waals surface area (Å²) >= 11 is 0. The van der Waals surface area contributed by atoms with Crippen molar-refractivity contribution in [2.24, 2.45) is 11.7 Å². The van der Waals surface area contributed by atoms with E-state index in [2.05, 4.69) is 9.97 Å². The summed E-state index contributed by atoms with van der Waals surface area (Å²) in [6, 6.07) is 13.1. The van der Waals surface area contributed by atoms with Crippen molar-refractivity contribution < 1.29 is 19.6 Å². The molecule has 135 valence electrons. The van der Waals surface area contributed by atoms with Gasteiger partial charge < -0.3 is 25.8 Å². The number of carboxylic acids is 1. The topological polar surface area (TPSA) is 105 Å². The molecule has 0 aliphatic heterocycles. The van der Waals surface area contributed by atoms with Gasteiger partial charge >= 0.3 is 13.7 Å². The Hall–Kier alpha value is -2.09. The second-order valence-corrected chi connectivity index (χ2v) is 6.14. The molecule has 25 heavy (non-hydrogen) atoms. The lowest BCUT2D eigenvalue weighted by Crippen LogP contribution is -2.27. The zero-order valence-electron chi connectivity index (χ0n) is 14.8. The molecule has 0 amide bonds. The fourth-order valence-electron chi connectivity index (χ4n) is 2.24. The van der Waals surface area contributed by atoms with E-state index in [1.165, 1.54) is 0 Å². The van der Waals surface area contributed by atoms with Crippen molar-refractivity contribution in [1.29, 1.82) is 0 Å². The third-order valence-corrected chi connectivity index (χ3v) is 3.47. The van der Waals surface area contributed by atoms with Crippen LogP contribution in [0.2, 0.25) is 0 Å². The lowest BCUT2D eigenvalue weighted by atomic mass is 10.1. The van der Waals surface area contributed by atoms with Crippen LogP contribution in [0, 0.1) is 5.92 Å².